The van der Waals surface area contributed by atoms with Crippen molar-refractivity contribution in [1.29, 1.82) is 0 Å². The number of thioether (sulfide) groups is 1. The van der Waals surface area contributed by atoms with Crippen molar-refractivity contribution in [2.24, 2.45) is 0 Å². The molecular weight excluding hydrogens is 556 g/mol. The zero-order chi connectivity index (χ0) is 25.9. The highest BCUT2D eigenvalue weighted by molar-refractivity contribution is 9.10. The highest BCUT2D eigenvalue weighted by atomic mass is 79.9. The van der Waals surface area contributed by atoms with Gasteiger partial charge in [-0.25, -0.2) is 0 Å². The minimum atomic E-state index is -0.617. The number of hydrogen-bond donors (Lipinski definition) is 1. The van der Waals surface area contributed by atoms with E-state index in [1.54, 1.807) is 16.7 Å². The highest BCUT2D eigenvalue weighted by Gasteiger charge is 2.30. The lowest BCUT2D eigenvalue weighted by molar-refractivity contribution is -0.139. The first-order valence-corrected chi connectivity index (χ1v) is 14.4. The van der Waals surface area contributed by atoms with Crippen LogP contribution in [0.2, 0.25) is 5.02 Å². The lowest BCUT2D eigenvalue weighted by atomic mass is 10.0. The molecular formula is C29H32BrClN2O2S. The maximum Gasteiger partial charge on any atom is 0.243 e. The van der Waals surface area contributed by atoms with E-state index in [9.17, 15) is 9.59 Å². The number of halogens is 2. The number of rotatable bonds is 12. The van der Waals surface area contributed by atoms with Gasteiger partial charge in [-0.05, 0) is 54.3 Å². The number of hydrogen-bond acceptors (Lipinski definition) is 3. The molecule has 1 N–H and O–H groups in total. The fraction of sp³-hybridized carbons (Fsp3) is 0.310. The van der Waals surface area contributed by atoms with E-state index < -0.39 is 6.04 Å². The Morgan fingerprint density at radius 1 is 0.944 bits per heavy atom. The number of nitrogens with one attached hydrogen (secondary N) is 1. The molecule has 0 saturated heterocycles. The van der Waals surface area contributed by atoms with Crippen molar-refractivity contribution in [2.45, 2.75) is 51.1 Å². The molecule has 0 aromatic heterocycles. The summed E-state index contributed by atoms with van der Waals surface area (Å²) in [7, 11) is 0. The third kappa shape index (κ3) is 8.99. The van der Waals surface area contributed by atoms with Crippen molar-refractivity contribution in [3.8, 4) is 0 Å². The second-order valence-corrected chi connectivity index (χ2v) is 11.1. The molecule has 36 heavy (non-hydrogen) atoms. The van der Waals surface area contributed by atoms with Gasteiger partial charge in [-0.3, -0.25) is 9.59 Å². The Morgan fingerprint density at radius 3 is 2.22 bits per heavy atom. The first kappa shape index (κ1) is 28.3. The van der Waals surface area contributed by atoms with Crippen LogP contribution in [0.4, 0.5) is 0 Å². The molecule has 4 nitrogen and oxygen atoms in total. The molecule has 2 amide bonds. The standard InChI is InChI=1S/C29H32BrClN2O2S/c1-3-21(2)32-29(35)27(17-22-7-5-4-6-8-22)33(18-23-9-13-25(30)14-10-23)28(34)20-36-19-24-11-15-26(31)16-12-24/h4-16,21,27H,3,17-20H2,1-2H3,(H,32,35)/t21-,27+/m1/s1. The molecule has 0 spiro atoms. The van der Waals surface area contributed by atoms with E-state index in [4.69, 9.17) is 11.6 Å². The van der Waals surface area contributed by atoms with Crippen molar-refractivity contribution in [1.82, 2.24) is 10.2 Å². The van der Waals surface area contributed by atoms with Gasteiger partial charge in [0.1, 0.15) is 6.04 Å². The summed E-state index contributed by atoms with van der Waals surface area (Å²) in [5.74, 6) is 0.789. The average Bonchev–Trinajstić information content (AvgIpc) is 2.88. The van der Waals surface area contributed by atoms with Crippen LogP contribution in [0.15, 0.2) is 83.3 Å². The van der Waals surface area contributed by atoms with Gasteiger partial charge in [0, 0.05) is 34.3 Å². The summed E-state index contributed by atoms with van der Waals surface area (Å²) in [5.41, 5.74) is 3.10. The van der Waals surface area contributed by atoms with Crippen LogP contribution in [0.1, 0.15) is 37.0 Å². The first-order chi connectivity index (χ1) is 17.4. The lowest BCUT2D eigenvalue weighted by Gasteiger charge is -2.32. The van der Waals surface area contributed by atoms with Gasteiger partial charge in [0.15, 0.2) is 0 Å². The summed E-state index contributed by atoms with van der Waals surface area (Å²) >= 11 is 11.0. The van der Waals surface area contributed by atoms with Crippen molar-refractivity contribution in [2.75, 3.05) is 5.75 Å². The molecule has 0 aliphatic rings. The van der Waals surface area contributed by atoms with Crippen LogP contribution >= 0.6 is 39.3 Å². The first-order valence-electron chi connectivity index (χ1n) is 12.1. The number of carbonyl (C=O) groups is 2. The van der Waals surface area contributed by atoms with E-state index in [1.807, 2.05) is 92.7 Å². The van der Waals surface area contributed by atoms with Crippen LogP contribution in [0, 0.1) is 0 Å². The van der Waals surface area contributed by atoms with Gasteiger partial charge in [-0.1, -0.05) is 89.1 Å². The molecule has 3 aromatic rings. The van der Waals surface area contributed by atoms with Crippen molar-refractivity contribution in [3.63, 3.8) is 0 Å². The lowest BCUT2D eigenvalue weighted by Crippen LogP contribution is -2.52. The van der Waals surface area contributed by atoms with Crippen LogP contribution in [0.3, 0.4) is 0 Å². The quantitative estimate of drug-likeness (QED) is 0.251. The Morgan fingerprint density at radius 2 is 1.58 bits per heavy atom. The van der Waals surface area contributed by atoms with Gasteiger partial charge >= 0.3 is 0 Å². The zero-order valence-electron chi connectivity index (χ0n) is 20.6. The summed E-state index contributed by atoms with van der Waals surface area (Å²) in [6.45, 7) is 4.38. The van der Waals surface area contributed by atoms with Crippen molar-refractivity contribution in [3.05, 3.63) is 105 Å². The average molecular weight is 588 g/mol. The second-order valence-electron chi connectivity index (χ2n) is 8.79. The maximum absolute atomic E-state index is 13.6. The van der Waals surface area contributed by atoms with E-state index in [2.05, 4.69) is 21.2 Å². The number of benzene rings is 3. The van der Waals surface area contributed by atoms with Crippen molar-refractivity contribution >= 4 is 51.1 Å². The number of amides is 2. The largest absolute Gasteiger partial charge is 0.352 e. The van der Waals surface area contributed by atoms with Gasteiger partial charge in [0.25, 0.3) is 0 Å². The van der Waals surface area contributed by atoms with Gasteiger partial charge < -0.3 is 10.2 Å². The molecule has 0 bridgehead atoms. The van der Waals surface area contributed by atoms with Crippen LogP contribution in [-0.2, 0) is 28.3 Å². The number of carbonyl (C=O) groups excluding carboxylic acids is 2. The predicted octanol–water partition coefficient (Wildman–Crippen LogP) is 6.89. The Hall–Kier alpha value is -2.28. The fourth-order valence-corrected chi connectivity index (χ4v) is 4.96. The minimum absolute atomic E-state index is 0.0275. The molecule has 0 unspecified atom stereocenters. The molecule has 3 rings (SSSR count). The highest BCUT2D eigenvalue weighted by Crippen LogP contribution is 2.20. The number of nitrogens with zero attached hydrogens (tertiary/aromatic N) is 1. The van der Waals surface area contributed by atoms with E-state index in [0.29, 0.717) is 23.7 Å². The molecule has 7 heteroatoms. The van der Waals surface area contributed by atoms with E-state index in [0.717, 1.165) is 27.6 Å². The molecule has 190 valence electrons. The molecule has 3 aromatic carbocycles. The summed E-state index contributed by atoms with van der Waals surface area (Å²) in [4.78, 5) is 28.9. The Bertz CT molecular complexity index is 1110. The van der Waals surface area contributed by atoms with E-state index in [-0.39, 0.29) is 23.6 Å². The second kappa shape index (κ2) is 14.5. The van der Waals surface area contributed by atoms with Crippen LogP contribution in [0.25, 0.3) is 0 Å². The van der Waals surface area contributed by atoms with Gasteiger partial charge in [-0.15, -0.1) is 11.8 Å². The third-order valence-electron chi connectivity index (χ3n) is 5.95. The van der Waals surface area contributed by atoms with Crippen LogP contribution < -0.4 is 5.32 Å². The van der Waals surface area contributed by atoms with Gasteiger partial charge in [-0.2, -0.15) is 0 Å². The third-order valence-corrected chi connectivity index (χ3v) is 7.71. The minimum Gasteiger partial charge on any atom is -0.352 e. The molecule has 0 saturated carbocycles. The van der Waals surface area contributed by atoms with Crippen LogP contribution in [0.5, 0.6) is 0 Å². The van der Waals surface area contributed by atoms with E-state index >= 15 is 0 Å². The molecule has 0 aliphatic heterocycles. The normalized spacial score (nSPS) is 12.6. The van der Waals surface area contributed by atoms with Gasteiger partial charge in [0.2, 0.25) is 11.8 Å². The molecule has 0 heterocycles. The monoisotopic (exact) mass is 586 g/mol. The smallest absolute Gasteiger partial charge is 0.243 e. The topological polar surface area (TPSA) is 49.4 Å². The molecule has 2 atom stereocenters. The fourth-order valence-electron chi connectivity index (χ4n) is 3.70. The van der Waals surface area contributed by atoms with Crippen molar-refractivity contribution < 1.29 is 9.59 Å². The molecule has 0 aliphatic carbocycles. The summed E-state index contributed by atoms with van der Waals surface area (Å²) in [5, 5.41) is 3.80. The predicted molar refractivity (Wildman–Crippen MR) is 154 cm³/mol. The molecule has 0 fully saturated rings. The van der Waals surface area contributed by atoms with E-state index in [1.165, 1.54) is 0 Å². The summed E-state index contributed by atoms with van der Waals surface area (Å²) < 4.78 is 0.970. The van der Waals surface area contributed by atoms with Crippen LogP contribution in [-0.4, -0.2) is 34.6 Å². The summed E-state index contributed by atoms with van der Waals surface area (Å²) in [6, 6.07) is 24.8. The van der Waals surface area contributed by atoms with Gasteiger partial charge in [0.05, 0.1) is 5.75 Å². The Labute approximate surface area is 231 Å². The zero-order valence-corrected chi connectivity index (χ0v) is 23.8. The maximum atomic E-state index is 13.6. The Kier molecular flexibility index (Phi) is 11.4. The summed E-state index contributed by atoms with van der Waals surface area (Å²) in [6.07, 6.45) is 1.27. The molecule has 0 radical (unpaired) electrons. The SMILES string of the molecule is CC[C@@H](C)NC(=O)[C@H](Cc1ccccc1)N(Cc1ccc(Br)cc1)C(=O)CSCc1ccc(Cl)cc1. The Balaban J connectivity index is 1.84.